The monoisotopic (exact) mass is 285 g/mol. The van der Waals surface area contributed by atoms with E-state index in [9.17, 15) is 0 Å². The van der Waals surface area contributed by atoms with Crippen molar-refractivity contribution in [3.05, 3.63) is 0 Å². The Balaban J connectivity index is 0.00000110. The van der Waals surface area contributed by atoms with E-state index in [2.05, 4.69) is 26.1 Å². The molecule has 5 heteroatoms. The molecular formula is C14H25BClNO2. The van der Waals surface area contributed by atoms with Gasteiger partial charge < -0.3 is 14.6 Å². The standard InChI is InChI=1S/C14H24BNO2.ClH/c1-13(2)9-7-10(13)14(3)11(8-9)17-15(18-14)12-5-4-6-16-12;/h9-12,16H,4-8H2,1-3H3;1H/t9?,10?,11-,12+,14+;/m0./s1. The highest BCUT2D eigenvalue weighted by atomic mass is 35.5. The van der Waals surface area contributed by atoms with E-state index < -0.39 is 0 Å². The molecule has 3 aliphatic carbocycles. The molecule has 0 aromatic carbocycles. The van der Waals surface area contributed by atoms with Gasteiger partial charge >= 0.3 is 7.12 Å². The van der Waals surface area contributed by atoms with Crippen LogP contribution in [0.25, 0.3) is 0 Å². The van der Waals surface area contributed by atoms with Gasteiger partial charge in [-0.05, 0) is 56.4 Å². The highest BCUT2D eigenvalue weighted by Gasteiger charge is 2.68. The van der Waals surface area contributed by atoms with Crippen LogP contribution in [0.15, 0.2) is 0 Å². The Morgan fingerprint density at radius 1 is 1.21 bits per heavy atom. The van der Waals surface area contributed by atoms with Gasteiger partial charge in [-0.2, -0.15) is 0 Å². The van der Waals surface area contributed by atoms with E-state index >= 15 is 0 Å². The SMILES string of the molecule is CC1(C)C2CC1[C@@]1(C)OB([C@H]3CCCN3)O[C@H]1C2.Cl. The average Bonchev–Trinajstić information content (AvgIpc) is 2.92. The minimum atomic E-state index is -0.0345. The zero-order chi connectivity index (χ0) is 12.5. The Labute approximate surface area is 122 Å². The molecule has 5 fully saturated rings. The Morgan fingerprint density at radius 2 is 2.00 bits per heavy atom. The van der Waals surface area contributed by atoms with Crippen molar-refractivity contribution in [3.8, 4) is 0 Å². The summed E-state index contributed by atoms with van der Waals surface area (Å²) in [6.07, 6.45) is 5.33. The van der Waals surface area contributed by atoms with Crippen molar-refractivity contribution >= 4 is 19.5 Å². The molecule has 0 aromatic heterocycles. The highest BCUT2D eigenvalue weighted by molar-refractivity contribution is 6.47. The Hall–Kier alpha value is 0.235. The van der Waals surface area contributed by atoms with Crippen molar-refractivity contribution in [2.75, 3.05) is 6.54 Å². The molecule has 5 aliphatic rings. The maximum Gasteiger partial charge on any atom is 0.475 e. The van der Waals surface area contributed by atoms with Crippen molar-refractivity contribution in [1.82, 2.24) is 5.32 Å². The van der Waals surface area contributed by atoms with Crippen molar-refractivity contribution in [3.63, 3.8) is 0 Å². The highest BCUT2D eigenvalue weighted by Crippen LogP contribution is 2.65. The van der Waals surface area contributed by atoms with Crippen molar-refractivity contribution < 1.29 is 9.31 Å². The van der Waals surface area contributed by atoms with Crippen LogP contribution in [0.3, 0.4) is 0 Å². The molecule has 0 spiro atoms. The van der Waals surface area contributed by atoms with Gasteiger partial charge in [-0.3, -0.25) is 0 Å². The fourth-order valence-corrected chi connectivity index (χ4v) is 5.01. The largest absolute Gasteiger partial charge is 0.475 e. The summed E-state index contributed by atoms with van der Waals surface area (Å²) in [5, 5.41) is 3.52. The molecule has 108 valence electrons. The second kappa shape index (κ2) is 4.36. The van der Waals surface area contributed by atoms with Crippen molar-refractivity contribution in [2.24, 2.45) is 17.3 Å². The lowest BCUT2D eigenvalue weighted by Crippen LogP contribution is -2.65. The summed E-state index contributed by atoms with van der Waals surface area (Å²) in [5.41, 5.74) is 0.416. The molecule has 2 saturated heterocycles. The second-order valence-electron chi connectivity index (χ2n) is 7.54. The lowest BCUT2D eigenvalue weighted by atomic mass is 9.43. The zero-order valence-corrected chi connectivity index (χ0v) is 13.0. The molecule has 0 radical (unpaired) electrons. The van der Waals surface area contributed by atoms with E-state index in [0.29, 0.717) is 23.4 Å². The topological polar surface area (TPSA) is 30.5 Å². The van der Waals surface area contributed by atoms with E-state index in [4.69, 9.17) is 9.31 Å². The predicted molar refractivity (Wildman–Crippen MR) is 78.4 cm³/mol. The second-order valence-corrected chi connectivity index (χ2v) is 7.54. The lowest BCUT2D eigenvalue weighted by molar-refractivity contribution is -0.199. The molecule has 0 aromatic rings. The fourth-order valence-electron chi connectivity index (χ4n) is 5.01. The first-order chi connectivity index (χ1) is 8.52. The quantitative estimate of drug-likeness (QED) is 0.751. The van der Waals surface area contributed by atoms with Gasteiger partial charge in [-0.15, -0.1) is 12.4 Å². The fraction of sp³-hybridized carbons (Fsp3) is 1.00. The maximum absolute atomic E-state index is 6.44. The Kier molecular flexibility index (Phi) is 3.26. The summed E-state index contributed by atoms with van der Waals surface area (Å²) in [6, 6.07) is 0. The molecule has 19 heavy (non-hydrogen) atoms. The van der Waals surface area contributed by atoms with Gasteiger partial charge in [0.1, 0.15) is 0 Å². The van der Waals surface area contributed by atoms with Gasteiger partial charge in [0.05, 0.1) is 11.7 Å². The van der Waals surface area contributed by atoms with Gasteiger partial charge in [-0.25, -0.2) is 0 Å². The summed E-state index contributed by atoms with van der Waals surface area (Å²) in [4.78, 5) is 0. The molecule has 5 atom stereocenters. The third-order valence-electron chi connectivity index (χ3n) is 6.40. The van der Waals surface area contributed by atoms with Gasteiger partial charge in [0, 0.05) is 5.94 Å². The third-order valence-corrected chi connectivity index (χ3v) is 6.40. The maximum atomic E-state index is 6.44. The number of hydrogen-bond donors (Lipinski definition) is 1. The average molecular weight is 286 g/mol. The van der Waals surface area contributed by atoms with Gasteiger partial charge in [0.25, 0.3) is 0 Å². The van der Waals surface area contributed by atoms with Crippen LogP contribution < -0.4 is 5.32 Å². The summed E-state index contributed by atoms with van der Waals surface area (Å²) in [5.74, 6) is 1.95. The molecule has 2 unspecified atom stereocenters. The van der Waals surface area contributed by atoms with Crippen molar-refractivity contribution in [1.29, 1.82) is 0 Å². The molecule has 2 heterocycles. The summed E-state index contributed by atoms with van der Waals surface area (Å²) in [6.45, 7) is 8.25. The summed E-state index contributed by atoms with van der Waals surface area (Å²) < 4.78 is 12.7. The molecule has 1 N–H and O–H groups in total. The first-order valence-electron chi connectivity index (χ1n) is 7.58. The van der Waals surface area contributed by atoms with Crippen LogP contribution in [-0.2, 0) is 9.31 Å². The number of halogens is 1. The molecule has 5 rings (SSSR count). The van der Waals surface area contributed by atoms with Crippen LogP contribution in [0.1, 0.15) is 46.5 Å². The molecular weight excluding hydrogens is 260 g/mol. The van der Waals surface area contributed by atoms with Gasteiger partial charge in [0.2, 0.25) is 0 Å². The molecule has 0 amide bonds. The summed E-state index contributed by atoms with van der Waals surface area (Å²) >= 11 is 0. The van der Waals surface area contributed by atoms with Crippen LogP contribution in [0, 0.1) is 17.3 Å². The Morgan fingerprint density at radius 3 is 2.63 bits per heavy atom. The summed E-state index contributed by atoms with van der Waals surface area (Å²) in [7, 11) is -0.00218. The molecule has 2 bridgehead atoms. The molecule has 3 nitrogen and oxygen atoms in total. The zero-order valence-electron chi connectivity index (χ0n) is 12.1. The van der Waals surface area contributed by atoms with E-state index in [0.717, 1.165) is 12.5 Å². The normalized spacial score (nSPS) is 50.4. The van der Waals surface area contributed by atoms with Crippen LogP contribution in [0.5, 0.6) is 0 Å². The lowest BCUT2D eigenvalue weighted by Gasteiger charge is -2.64. The van der Waals surface area contributed by atoms with Gasteiger partial charge in [-0.1, -0.05) is 13.8 Å². The molecule has 3 saturated carbocycles. The minimum absolute atomic E-state index is 0. The first-order valence-corrected chi connectivity index (χ1v) is 7.58. The molecule has 2 aliphatic heterocycles. The minimum Gasteiger partial charge on any atom is -0.404 e. The van der Waals surface area contributed by atoms with Gasteiger partial charge in [0.15, 0.2) is 0 Å². The van der Waals surface area contributed by atoms with Crippen molar-refractivity contribution in [2.45, 2.75) is 64.1 Å². The Bertz CT molecular complexity index is 374. The predicted octanol–water partition coefficient (Wildman–Crippen LogP) is 2.43. The number of nitrogens with one attached hydrogen (secondary N) is 1. The van der Waals surface area contributed by atoms with Crippen LogP contribution in [0.4, 0.5) is 0 Å². The van der Waals surface area contributed by atoms with Crippen LogP contribution in [0.2, 0.25) is 0 Å². The number of rotatable bonds is 1. The smallest absolute Gasteiger partial charge is 0.404 e. The number of hydrogen-bond acceptors (Lipinski definition) is 3. The van der Waals surface area contributed by atoms with E-state index in [1.807, 2.05) is 0 Å². The van der Waals surface area contributed by atoms with Crippen LogP contribution >= 0.6 is 12.4 Å². The van der Waals surface area contributed by atoms with E-state index in [1.165, 1.54) is 25.7 Å². The van der Waals surface area contributed by atoms with E-state index in [1.54, 1.807) is 0 Å². The first kappa shape index (κ1) is 14.2. The third kappa shape index (κ3) is 1.76. The van der Waals surface area contributed by atoms with Crippen LogP contribution in [-0.4, -0.2) is 31.3 Å². The van der Waals surface area contributed by atoms with E-state index in [-0.39, 0.29) is 25.1 Å².